The van der Waals surface area contributed by atoms with Gasteiger partial charge in [-0.1, -0.05) is 10.8 Å². The first kappa shape index (κ1) is 12.5. The van der Waals surface area contributed by atoms with Gasteiger partial charge in [-0.05, 0) is 5.53 Å². The molecule has 0 unspecified atom stereocenters. The Hall–Kier alpha value is -1.47. The van der Waals surface area contributed by atoms with Gasteiger partial charge in [0.15, 0.2) is 0 Å². The van der Waals surface area contributed by atoms with Crippen molar-refractivity contribution in [3.05, 3.63) is 65.0 Å². The zero-order valence-electron chi connectivity index (χ0n) is 7.39. The average molecular weight is 227 g/mol. The van der Waals surface area contributed by atoms with Crippen LogP contribution in [0.5, 0.6) is 0 Å². The van der Waals surface area contributed by atoms with E-state index in [1.165, 1.54) is 0 Å². The predicted molar refractivity (Wildman–Crippen MR) is 52.9 cm³/mol. The smallest absolute Gasteiger partial charge is 0.214 e. The quantitative estimate of drug-likeness (QED) is 0.234. The van der Waals surface area contributed by atoms with Crippen molar-refractivity contribution >= 4 is 5.69 Å². The summed E-state index contributed by atoms with van der Waals surface area (Å²) in [5.74, 6) is 0. The van der Waals surface area contributed by atoms with Gasteiger partial charge in [-0.3, -0.25) is 0 Å². The second-order valence-corrected chi connectivity index (χ2v) is 2.29. The van der Waals surface area contributed by atoms with E-state index in [2.05, 4.69) is 10.0 Å². The van der Waals surface area contributed by atoms with Crippen LogP contribution in [-0.4, -0.2) is 0 Å². The standard InChI is InChI=1S/C5H4N3.C5H5.Fe/c6-8-7-5-3-1-2-4-5;1-2-4-5-3-1;/h1-4H;1-5H;/q2*-1;+2. The molecule has 4 heteroatoms. The van der Waals surface area contributed by atoms with Crippen LogP contribution in [0.2, 0.25) is 0 Å². The van der Waals surface area contributed by atoms with Crippen LogP contribution in [0.4, 0.5) is 5.69 Å². The first-order valence-corrected chi connectivity index (χ1v) is 3.87. The van der Waals surface area contributed by atoms with Crippen molar-refractivity contribution < 1.29 is 17.1 Å². The Balaban J connectivity index is 0.000000246. The van der Waals surface area contributed by atoms with E-state index in [4.69, 9.17) is 5.53 Å². The van der Waals surface area contributed by atoms with Crippen molar-refractivity contribution in [1.29, 1.82) is 0 Å². The summed E-state index contributed by atoms with van der Waals surface area (Å²) in [6, 6.07) is 17.1. The molecule has 0 aliphatic rings. The third-order valence-corrected chi connectivity index (χ3v) is 1.36. The Morgan fingerprint density at radius 2 is 1.86 bits per heavy atom. The van der Waals surface area contributed by atoms with E-state index < -0.39 is 0 Å². The normalized spacial score (nSPS) is 7.43. The topological polar surface area (TPSA) is 48.8 Å². The number of hydrogen-bond acceptors (Lipinski definition) is 1. The van der Waals surface area contributed by atoms with Gasteiger partial charge in [-0.25, -0.2) is 24.3 Å². The van der Waals surface area contributed by atoms with E-state index in [1.807, 2.05) is 42.5 Å². The van der Waals surface area contributed by atoms with Crippen molar-refractivity contribution in [2.24, 2.45) is 5.11 Å². The van der Waals surface area contributed by atoms with Gasteiger partial charge in [0.1, 0.15) is 0 Å². The third kappa shape index (κ3) is 5.22. The summed E-state index contributed by atoms with van der Waals surface area (Å²) in [6.45, 7) is 0. The van der Waals surface area contributed by atoms with Crippen molar-refractivity contribution in [2.45, 2.75) is 0 Å². The summed E-state index contributed by atoms with van der Waals surface area (Å²) in [7, 11) is 0. The molecule has 0 spiro atoms. The Bertz CT molecular complexity index is 327. The molecule has 0 bridgehead atoms. The maximum Gasteiger partial charge on any atom is 2.00 e. The minimum atomic E-state index is 0. The van der Waals surface area contributed by atoms with E-state index in [0.29, 0.717) is 5.69 Å². The van der Waals surface area contributed by atoms with Crippen LogP contribution in [-0.2, 0) is 17.1 Å². The molecule has 0 heterocycles. The number of nitrogens with zero attached hydrogens (tertiary/aromatic N) is 3. The van der Waals surface area contributed by atoms with Gasteiger partial charge in [0.25, 0.3) is 0 Å². The summed E-state index contributed by atoms with van der Waals surface area (Å²) in [4.78, 5) is 2.60. The first-order valence-electron chi connectivity index (χ1n) is 3.87. The molecule has 14 heavy (non-hydrogen) atoms. The molecule has 0 N–H and O–H groups in total. The summed E-state index contributed by atoms with van der Waals surface area (Å²) in [6.07, 6.45) is 0. The largest absolute Gasteiger partial charge is 2.00 e. The Kier molecular flexibility index (Phi) is 7.29. The molecule has 72 valence electrons. The van der Waals surface area contributed by atoms with E-state index in [0.717, 1.165) is 0 Å². The SMILES string of the molecule is [Fe+2].[N-]=[N+]=Nc1ccc[cH-]1.c1cc[cH-]c1. The molecule has 0 fully saturated rings. The summed E-state index contributed by atoms with van der Waals surface area (Å²) in [5.41, 5.74) is 8.57. The van der Waals surface area contributed by atoms with Crippen LogP contribution in [0, 0.1) is 0 Å². The molecule has 0 aromatic heterocycles. The minimum absolute atomic E-state index is 0. The molecule has 0 radical (unpaired) electrons. The zero-order chi connectivity index (χ0) is 9.36. The van der Waals surface area contributed by atoms with Crippen molar-refractivity contribution in [3.63, 3.8) is 0 Å². The van der Waals surface area contributed by atoms with Crippen LogP contribution in [0.15, 0.2) is 59.7 Å². The van der Waals surface area contributed by atoms with E-state index in [1.54, 1.807) is 12.1 Å². The predicted octanol–water partition coefficient (Wildman–Crippen LogP) is 3.75. The zero-order valence-corrected chi connectivity index (χ0v) is 8.50. The number of rotatable bonds is 1. The molecular weight excluding hydrogens is 218 g/mol. The van der Waals surface area contributed by atoms with Gasteiger partial charge in [0, 0.05) is 4.91 Å². The fourth-order valence-electron chi connectivity index (χ4n) is 0.803. The number of hydrogen-bond donors (Lipinski definition) is 0. The summed E-state index contributed by atoms with van der Waals surface area (Å²) in [5, 5.41) is 3.35. The van der Waals surface area contributed by atoms with Crippen LogP contribution < -0.4 is 0 Å². The monoisotopic (exact) mass is 227 g/mol. The second kappa shape index (κ2) is 8.14. The Morgan fingerprint density at radius 3 is 2.21 bits per heavy atom. The molecular formula is C10H9FeN3. The molecule has 0 atom stereocenters. The molecule has 2 aromatic rings. The average Bonchev–Trinajstić information content (AvgIpc) is 2.79. The number of azide groups is 1. The molecule has 2 aromatic carbocycles. The van der Waals surface area contributed by atoms with Gasteiger partial charge >= 0.3 is 17.1 Å². The van der Waals surface area contributed by atoms with Gasteiger partial charge in [0.05, 0.1) is 0 Å². The Morgan fingerprint density at radius 1 is 1.14 bits per heavy atom. The fourth-order valence-corrected chi connectivity index (χ4v) is 0.803. The summed E-state index contributed by atoms with van der Waals surface area (Å²) < 4.78 is 0. The van der Waals surface area contributed by atoms with Gasteiger partial charge in [0.2, 0.25) is 0 Å². The van der Waals surface area contributed by atoms with Gasteiger partial charge < -0.3 is 0 Å². The molecule has 0 saturated heterocycles. The van der Waals surface area contributed by atoms with Crippen LogP contribution >= 0.6 is 0 Å². The van der Waals surface area contributed by atoms with Crippen LogP contribution in [0.3, 0.4) is 0 Å². The van der Waals surface area contributed by atoms with Crippen LogP contribution in [0.25, 0.3) is 10.4 Å². The molecule has 0 aliphatic carbocycles. The van der Waals surface area contributed by atoms with Gasteiger partial charge in [-0.15, -0.1) is 0 Å². The molecule has 3 nitrogen and oxygen atoms in total. The second-order valence-electron chi connectivity index (χ2n) is 2.29. The molecule has 0 aliphatic heterocycles. The minimum Gasteiger partial charge on any atom is -0.214 e. The fraction of sp³-hybridized carbons (Fsp3) is 0. The van der Waals surface area contributed by atoms with Crippen LogP contribution in [0.1, 0.15) is 0 Å². The Labute approximate surface area is 93.2 Å². The van der Waals surface area contributed by atoms with E-state index in [9.17, 15) is 0 Å². The van der Waals surface area contributed by atoms with Gasteiger partial charge in [-0.2, -0.15) is 30.3 Å². The first-order chi connectivity index (χ1) is 6.43. The maximum absolute atomic E-state index is 7.90. The van der Waals surface area contributed by atoms with Crippen molar-refractivity contribution in [1.82, 2.24) is 0 Å². The maximum atomic E-state index is 7.90. The van der Waals surface area contributed by atoms with Crippen molar-refractivity contribution in [2.75, 3.05) is 0 Å². The van der Waals surface area contributed by atoms with E-state index >= 15 is 0 Å². The molecule has 2 rings (SSSR count). The third-order valence-electron chi connectivity index (χ3n) is 1.36. The molecule has 0 saturated carbocycles. The van der Waals surface area contributed by atoms with Crippen molar-refractivity contribution in [3.8, 4) is 0 Å². The van der Waals surface area contributed by atoms with E-state index in [-0.39, 0.29) is 17.1 Å². The molecule has 0 amide bonds. The summed E-state index contributed by atoms with van der Waals surface area (Å²) >= 11 is 0.